The van der Waals surface area contributed by atoms with E-state index in [4.69, 9.17) is 0 Å². The summed E-state index contributed by atoms with van der Waals surface area (Å²) in [6.45, 7) is -0.353. The summed E-state index contributed by atoms with van der Waals surface area (Å²) < 4.78 is 57.0. The molecule has 10 heteroatoms. The van der Waals surface area contributed by atoms with Gasteiger partial charge >= 0.3 is 6.18 Å². The summed E-state index contributed by atoms with van der Waals surface area (Å²) in [7, 11) is 0. The summed E-state index contributed by atoms with van der Waals surface area (Å²) in [5.74, 6) is -0.643. The van der Waals surface area contributed by atoms with Gasteiger partial charge in [-0.1, -0.05) is 30.3 Å². The third-order valence-electron chi connectivity index (χ3n) is 5.00. The highest BCUT2D eigenvalue weighted by molar-refractivity contribution is 14.1. The second-order valence-electron chi connectivity index (χ2n) is 6.71. The molecule has 1 aliphatic heterocycles. The van der Waals surface area contributed by atoms with Crippen LogP contribution >= 0.6 is 22.9 Å². The molecule has 3 aromatic rings. The van der Waals surface area contributed by atoms with Gasteiger partial charge in [-0.25, -0.2) is 7.29 Å². The predicted octanol–water partition coefficient (Wildman–Crippen LogP) is 3.98. The highest BCUT2D eigenvalue weighted by Gasteiger charge is 2.65. The molecule has 2 unspecified atom stereocenters. The minimum Gasteiger partial charge on any atom is -0.373 e. The lowest BCUT2D eigenvalue weighted by atomic mass is 9.94. The molecular weight excluding hydrogens is 505 g/mol. The molecule has 0 saturated heterocycles. The van der Waals surface area contributed by atoms with Crippen molar-refractivity contribution in [2.45, 2.75) is 24.6 Å². The molecular formula is C19H14F4IN3O2. The third kappa shape index (κ3) is 3.19. The van der Waals surface area contributed by atoms with E-state index in [1.54, 1.807) is 18.5 Å². The fourth-order valence-corrected chi connectivity index (χ4v) is 3.92. The zero-order chi connectivity index (χ0) is 21.0. The maximum atomic E-state index is 14.7. The SMILES string of the molecule is OC1N(Cc2ccc(-c3cnn(I)c3)cc2F)c2ccccc2C1(O)C(F)(F)F. The van der Waals surface area contributed by atoms with Crippen LogP contribution in [0.15, 0.2) is 54.9 Å². The second kappa shape index (κ2) is 6.96. The minimum atomic E-state index is -5.11. The predicted molar refractivity (Wildman–Crippen MR) is 106 cm³/mol. The number of fused-ring (bicyclic) bond motifs is 1. The number of aliphatic hydroxyl groups is 2. The molecule has 1 aromatic heterocycles. The van der Waals surface area contributed by atoms with E-state index in [2.05, 4.69) is 5.10 Å². The van der Waals surface area contributed by atoms with Crippen molar-refractivity contribution >= 4 is 28.6 Å². The van der Waals surface area contributed by atoms with E-state index in [9.17, 15) is 27.8 Å². The topological polar surface area (TPSA) is 61.5 Å². The molecule has 2 aromatic carbocycles. The number of aromatic nitrogens is 2. The number of para-hydroxylation sites is 1. The molecule has 0 aliphatic carbocycles. The van der Waals surface area contributed by atoms with E-state index >= 15 is 0 Å². The first-order valence-electron chi connectivity index (χ1n) is 8.46. The van der Waals surface area contributed by atoms with Crippen LogP contribution in [0.25, 0.3) is 11.1 Å². The Bertz CT molecular complexity index is 1070. The van der Waals surface area contributed by atoms with Gasteiger partial charge in [0.05, 0.1) is 29.1 Å². The average Bonchev–Trinajstić information content (AvgIpc) is 3.19. The van der Waals surface area contributed by atoms with Crippen LogP contribution in [0.5, 0.6) is 0 Å². The van der Waals surface area contributed by atoms with Crippen LogP contribution in [-0.4, -0.2) is 30.6 Å². The maximum Gasteiger partial charge on any atom is 0.426 e. The van der Waals surface area contributed by atoms with Crippen molar-refractivity contribution in [2.24, 2.45) is 0 Å². The smallest absolute Gasteiger partial charge is 0.373 e. The molecule has 0 fully saturated rings. The van der Waals surface area contributed by atoms with Crippen molar-refractivity contribution < 1.29 is 27.8 Å². The molecule has 2 atom stereocenters. The van der Waals surface area contributed by atoms with Crippen LogP contribution in [0.2, 0.25) is 0 Å². The van der Waals surface area contributed by atoms with Gasteiger partial charge in [0.15, 0.2) is 6.23 Å². The first-order valence-corrected chi connectivity index (χ1v) is 9.42. The van der Waals surface area contributed by atoms with Gasteiger partial charge in [0, 0.05) is 35.1 Å². The minimum absolute atomic E-state index is 0.00510. The number of rotatable bonds is 3. The summed E-state index contributed by atoms with van der Waals surface area (Å²) in [5, 5.41) is 24.7. The van der Waals surface area contributed by atoms with Crippen LogP contribution in [0, 0.1) is 5.82 Å². The van der Waals surface area contributed by atoms with Crippen LogP contribution < -0.4 is 4.90 Å². The zero-order valence-corrected chi connectivity index (χ0v) is 16.8. The second-order valence-corrected chi connectivity index (χ2v) is 7.70. The number of aliphatic hydroxyl groups excluding tert-OH is 1. The molecule has 2 heterocycles. The van der Waals surface area contributed by atoms with Crippen molar-refractivity contribution in [1.29, 1.82) is 0 Å². The molecule has 2 N–H and O–H groups in total. The Kier molecular flexibility index (Phi) is 4.82. The highest BCUT2D eigenvalue weighted by atomic mass is 127. The molecule has 152 valence electrons. The van der Waals surface area contributed by atoms with Gasteiger partial charge in [-0.3, -0.25) is 0 Å². The van der Waals surface area contributed by atoms with Crippen LogP contribution in [-0.2, 0) is 12.1 Å². The summed E-state index contributed by atoms with van der Waals surface area (Å²) in [5.41, 5.74) is -2.61. The van der Waals surface area contributed by atoms with E-state index in [1.165, 1.54) is 33.2 Å². The summed E-state index contributed by atoms with van der Waals surface area (Å²) in [6, 6.07) is 9.60. The Morgan fingerprint density at radius 3 is 2.48 bits per heavy atom. The lowest BCUT2D eigenvalue weighted by Gasteiger charge is -2.33. The normalized spacial score (nSPS) is 21.5. The van der Waals surface area contributed by atoms with Gasteiger partial charge < -0.3 is 15.1 Å². The Hall–Kier alpha value is -2.18. The Balaban J connectivity index is 1.70. The van der Waals surface area contributed by atoms with Crippen molar-refractivity contribution in [3.8, 4) is 11.1 Å². The quantitative estimate of drug-likeness (QED) is 0.406. The number of hydrogen-bond donors (Lipinski definition) is 2. The maximum absolute atomic E-state index is 14.7. The molecule has 0 spiro atoms. The van der Waals surface area contributed by atoms with Gasteiger partial charge in [-0.2, -0.15) is 18.3 Å². The number of hydrogen-bond acceptors (Lipinski definition) is 4. The average molecular weight is 519 g/mol. The Labute approximate surface area is 176 Å². The van der Waals surface area contributed by atoms with Gasteiger partial charge in [-0.05, 0) is 17.7 Å². The van der Waals surface area contributed by atoms with Crippen molar-refractivity contribution in [3.63, 3.8) is 0 Å². The van der Waals surface area contributed by atoms with E-state index in [-0.39, 0.29) is 17.8 Å². The summed E-state index contributed by atoms with van der Waals surface area (Å²) in [6.07, 6.45) is -4.17. The van der Waals surface area contributed by atoms with Crippen molar-refractivity contribution in [2.75, 3.05) is 4.90 Å². The van der Waals surface area contributed by atoms with E-state index in [1.807, 2.05) is 22.9 Å². The Morgan fingerprint density at radius 1 is 1.14 bits per heavy atom. The monoisotopic (exact) mass is 519 g/mol. The molecule has 5 nitrogen and oxygen atoms in total. The fraction of sp³-hybridized carbons (Fsp3) is 0.211. The molecule has 0 bridgehead atoms. The summed E-state index contributed by atoms with van der Waals surface area (Å²) in [4.78, 5) is 0.948. The van der Waals surface area contributed by atoms with Gasteiger partial charge in [-0.15, -0.1) is 0 Å². The molecule has 0 amide bonds. The molecule has 1 aliphatic rings. The van der Waals surface area contributed by atoms with E-state index in [0.29, 0.717) is 11.1 Å². The number of nitrogens with zero attached hydrogens (tertiary/aromatic N) is 3. The third-order valence-corrected chi connectivity index (χ3v) is 5.53. The number of alkyl halides is 3. The van der Waals surface area contributed by atoms with Crippen LogP contribution in [0.1, 0.15) is 11.1 Å². The zero-order valence-electron chi connectivity index (χ0n) is 14.6. The van der Waals surface area contributed by atoms with Crippen LogP contribution in [0.3, 0.4) is 0 Å². The van der Waals surface area contributed by atoms with Crippen LogP contribution in [0.4, 0.5) is 23.2 Å². The van der Waals surface area contributed by atoms with E-state index in [0.717, 1.165) is 11.0 Å². The molecule has 0 radical (unpaired) electrons. The molecule has 29 heavy (non-hydrogen) atoms. The number of anilines is 1. The van der Waals surface area contributed by atoms with Gasteiger partial charge in [0.1, 0.15) is 5.82 Å². The van der Waals surface area contributed by atoms with E-state index < -0.39 is 29.4 Å². The van der Waals surface area contributed by atoms with Gasteiger partial charge in [0.25, 0.3) is 0 Å². The lowest BCUT2D eigenvalue weighted by molar-refractivity contribution is -0.292. The molecule has 4 rings (SSSR count). The standard InChI is InChI=1S/C19H14F4IN3O2/c20-15-7-11(13-8-25-27(24)10-13)5-6-12(15)9-26-16-4-2-1-3-14(16)18(29,17(26)28)19(21,22)23/h1-8,10,17,28-29H,9H2. The Morgan fingerprint density at radius 2 is 1.86 bits per heavy atom. The van der Waals surface area contributed by atoms with Crippen molar-refractivity contribution in [1.82, 2.24) is 7.99 Å². The lowest BCUT2D eigenvalue weighted by Crippen LogP contribution is -2.53. The van der Waals surface area contributed by atoms with Crippen molar-refractivity contribution in [3.05, 3.63) is 71.8 Å². The number of halogens is 5. The first-order chi connectivity index (χ1) is 13.6. The largest absolute Gasteiger partial charge is 0.426 e. The fourth-order valence-electron chi connectivity index (χ4n) is 3.50. The first kappa shape index (κ1) is 20.1. The molecule has 0 saturated carbocycles. The highest BCUT2D eigenvalue weighted by Crippen LogP contribution is 2.51. The van der Waals surface area contributed by atoms with Gasteiger partial charge in [0.2, 0.25) is 5.60 Å². The number of benzene rings is 2. The summed E-state index contributed by atoms with van der Waals surface area (Å²) >= 11 is 1.95.